The normalized spacial score (nSPS) is 10.6. The monoisotopic (exact) mass is 338 g/mol. The first-order valence-corrected chi connectivity index (χ1v) is 6.94. The standard InChI is InChI=1S/C13H15BrN4O2/c1-3-18-15-11(12(14)16-18)8-17(2)10-6-4-5-9(7-10)13(19)20/h4-7H,3,8H2,1-2H3,(H,19,20). The molecule has 0 radical (unpaired) electrons. The molecule has 1 N–H and O–H groups in total. The molecular weight excluding hydrogens is 324 g/mol. The molecule has 1 aromatic carbocycles. The van der Waals surface area contributed by atoms with E-state index in [2.05, 4.69) is 26.1 Å². The van der Waals surface area contributed by atoms with Crippen molar-refractivity contribution in [3.63, 3.8) is 0 Å². The molecule has 0 spiro atoms. The first-order valence-electron chi connectivity index (χ1n) is 6.15. The number of carboxylic acids is 1. The summed E-state index contributed by atoms with van der Waals surface area (Å²) in [6.07, 6.45) is 0. The number of halogens is 1. The highest BCUT2D eigenvalue weighted by Gasteiger charge is 2.12. The molecule has 7 heteroatoms. The van der Waals surface area contributed by atoms with Gasteiger partial charge in [0, 0.05) is 12.7 Å². The molecule has 106 valence electrons. The zero-order valence-electron chi connectivity index (χ0n) is 11.2. The topological polar surface area (TPSA) is 71.2 Å². The molecule has 0 unspecified atom stereocenters. The van der Waals surface area contributed by atoms with Crippen molar-refractivity contribution in [1.82, 2.24) is 15.0 Å². The van der Waals surface area contributed by atoms with Crippen LogP contribution in [0.5, 0.6) is 0 Å². The maximum atomic E-state index is 11.0. The van der Waals surface area contributed by atoms with Crippen molar-refractivity contribution >= 4 is 27.6 Å². The van der Waals surface area contributed by atoms with Gasteiger partial charge in [0.2, 0.25) is 0 Å². The van der Waals surface area contributed by atoms with E-state index in [4.69, 9.17) is 5.11 Å². The second kappa shape index (κ2) is 6.04. The van der Waals surface area contributed by atoms with Crippen LogP contribution in [0.15, 0.2) is 28.9 Å². The smallest absolute Gasteiger partial charge is 0.335 e. The van der Waals surface area contributed by atoms with Crippen LogP contribution in [-0.4, -0.2) is 33.1 Å². The van der Waals surface area contributed by atoms with Crippen molar-refractivity contribution < 1.29 is 9.90 Å². The van der Waals surface area contributed by atoms with Crippen LogP contribution in [0.1, 0.15) is 23.0 Å². The number of carboxylic acid groups (broad SMARTS) is 1. The maximum absolute atomic E-state index is 11.0. The molecule has 2 rings (SSSR count). The van der Waals surface area contributed by atoms with Crippen LogP contribution in [0.2, 0.25) is 0 Å². The van der Waals surface area contributed by atoms with Crippen LogP contribution in [0.25, 0.3) is 0 Å². The Bertz CT molecular complexity index is 627. The van der Waals surface area contributed by atoms with Gasteiger partial charge in [-0.25, -0.2) is 4.79 Å². The lowest BCUT2D eigenvalue weighted by Gasteiger charge is -2.18. The Balaban J connectivity index is 2.18. The summed E-state index contributed by atoms with van der Waals surface area (Å²) in [4.78, 5) is 14.5. The lowest BCUT2D eigenvalue weighted by molar-refractivity contribution is 0.0697. The molecule has 0 saturated heterocycles. The quantitative estimate of drug-likeness (QED) is 0.906. The molecule has 2 aromatic rings. The predicted octanol–water partition coefficient (Wildman–Crippen LogP) is 2.40. The van der Waals surface area contributed by atoms with E-state index in [1.165, 1.54) is 0 Å². The third kappa shape index (κ3) is 3.16. The fourth-order valence-electron chi connectivity index (χ4n) is 1.79. The Labute approximate surface area is 125 Å². The minimum Gasteiger partial charge on any atom is -0.478 e. The first-order chi connectivity index (χ1) is 9.51. The summed E-state index contributed by atoms with van der Waals surface area (Å²) < 4.78 is 0.709. The molecule has 1 aromatic heterocycles. The molecule has 0 aliphatic rings. The SMILES string of the molecule is CCn1nc(Br)c(CN(C)c2cccc(C(=O)O)c2)n1. The van der Waals surface area contributed by atoms with E-state index in [9.17, 15) is 4.79 Å². The number of hydrogen-bond acceptors (Lipinski definition) is 4. The second-order valence-electron chi connectivity index (χ2n) is 4.34. The molecule has 0 aliphatic carbocycles. The van der Waals surface area contributed by atoms with Crippen molar-refractivity contribution in [3.05, 3.63) is 40.1 Å². The van der Waals surface area contributed by atoms with Crippen molar-refractivity contribution in [2.75, 3.05) is 11.9 Å². The van der Waals surface area contributed by atoms with Crippen molar-refractivity contribution in [2.45, 2.75) is 20.0 Å². The average Bonchev–Trinajstić information content (AvgIpc) is 2.79. The van der Waals surface area contributed by atoms with Gasteiger partial charge in [-0.1, -0.05) is 6.07 Å². The lowest BCUT2D eigenvalue weighted by atomic mass is 10.2. The summed E-state index contributed by atoms with van der Waals surface area (Å²) in [5.74, 6) is -0.932. The van der Waals surface area contributed by atoms with Crippen LogP contribution < -0.4 is 4.90 Å². The van der Waals surface area contributed by atoms with E-state index in [0.717, 1.165) is 11.4 Å². The molecule has 0 fully saturated rings. The molecular formula is C13H15BrN4O2. The number of benzene rings is 1. The number of anilines is 1. The maximum Gasteiger partial charge on any atom is 0.335 e. The summed E-state index contributed by atoms with van der Waals surface area (Å²) in [6, 6.07) is 6.81. The zero-order valence-corrected chi connectivity index (χ0v) is 12.8. The van der Waals surface area contributed by atoms with E-state index in [-0.39, 0.29) is 5.56 Å². The Morgan fingerprint density at radius 2 is 2.20 bits per heavy atom. The number of aryl methyl sites for hydroxylation is 1. The van der Waals surface area contributed by atoms with Gasteiger partial charge >= 0.3 is 5.97 Å². The number of nitrogens with zero attached hydrogens (tertiary/aromatic N) is 4. The number of carbonyl (C=O) groups is 1. The van der Waals surface area contributed by atoms with Gasteiger partial charge < -0.3 is 10.0 Å². The van der Waals surface area contributed by atoms with Gasteiger partial charge in [-0.15, -0.1) is 5.10 Å². The van der Waals surface area contributed by atoms with Gasteiger partial charge in [0.15, 0.2) is 4.60 Å². The fourth-order valence-corrected chi connectivity index (χ4v) is 2.18. The van der Waals surface area contributed by atoms with E-state index in [1.54, 1.807) is 23.0 Å². The first kappa shape index (κ1) is 14.5. The van der Waals surface area contributed by atoms with Crippen LogP contribution in [0.3, 0.4) is 0 Å². The minimum atomic E-state index is -0.932. The van der Waals surface area contributed by atoms with Crippen molar-refractivity contribution in [3.8, 4) is 0 Å². The highest BCUT2D eigenvalue weighted by molar-refractivity contribution is 9.10. The Morgan fingerprint density at radius 1 is 1.45 bits per heavy atom. The Morgan fingerprint density at radius 3 is 2.80 bits per heavy atom. The largest absolute Gasteiger partial charge is 0.478 e. The summed E-state index contributed by atoms with van der Waals surface area (Å²) in [5.41, 5.74) is 1.91. The second-order valence-corrected chi connectivity index (χ2v) is 5.09. The molecule has 0 saturated carbocycles. The third-order valence-electron chi connectivity index (χ3n) is 2.88. The minimum absolute atomic E-state index is 0.269. The van der Waals surface area contributed by atoms with E-state index >= 15 is 0 Å². The fraction of sp³-hybridized carbons (Fsp3) is 0.308. The highest BCUT2D eigenvalue weighted by Crippen LogP contribution is 2.19. The van der Waals surface area contributed by atoms with Crippen LogP contribution >= 0.6 is 15.9 Å². The van der Waals surface area contributed by atoms with Crippen molar-refractivity contribution in [2.24, 2.45) is 0 Å². The molecule has 1 heterocycles. The molecule has 0 amide bonds. The highest BCUT2D eigenvalue weighted by atomic mass is 79.9. The molecule has 0 aliphatic heterocycles. The molecule has 0 bridgehead atoms. The predicted molar refractivity (Wildman–Crippen MR) is 78.9 cm³/mol. The van der Waals surface area contributed by atoms with E-state index < -0.39 is 5.97 Å². The van der Waals surface area contributed by atoms with E-state index in [1.807, 2.05) is 24.9 Å². The lowest BCUT2D eigenvalue weighted by Crippen LogP contribution is -2.17. The van der Waals surface area contributed by atoms with Gasteiger partial charge in [-0.3, -0.25) is 0 Å². The molecule has 20 heavy (non-hydrogen) atoms. The van der Waals surface area contributed by atoms with Crippen LogP contribution in [0, 0.1) is 0 Å². The van der Waals surface area contributed by atoms with Crippen LogP contribution in [0.4, 0.5) is 5.69 Å². The van der Waals surface area contributed by atoms with Gasteiger partial charge in [0.05, 0.1) is 18.7 Å². The summed E-state index contributed by atoms with van der Waals surface area (Å²) in [5, 5.41) is 17.6. The summed E-state index contributed by atoms with van der Waals surface area (Å²) in [7, 11) is 1.89. The van der Waals surface area contributed by atoms with Gasteiger partial charge in [-0.2, -0.15) is 9.90 Å². The number of hydrogen-bond donors (Lipinski definition) is 1. The summed E-state index contributed by atoms with van der Waals surface area (Å²) in [6.45, 7) is 3.22. The zero-order chi connectivity index (χ0) is 14.7. The van der Waals surface area contributed by atoms with Gasteiger partial charge in [-0.05, 0) is 41.1 Å². The van der Waals surface area contributed by atoms with Gasteiger partial charge in [0.25, 0.3) is 0 Å². The average molecular weight is 339 g/mol. The van der Waals surface area contributed by atoms with Crippen LogP contribution in [-0.2, 0) is 13.1 Å². The van der Waals surface area contributed by atoms with Crippen molar-refractivity contribution in [1.29, 1.82) is 0 Å². The molecule has 6 nitrogen and oxygen atoms in total. The Hall–Kier alpha value is -1.89. The van der Waals surface area contributed by atoms with Gasteiger partial charge in [0.1, 0.15) is 5.69 Å². The third-order valence-corrected chi connectivity index (χ3v) is 3.50. The Kier molecular flexibility index (Phi) is 4.39. The number of rotatable bonds is 5. The summed E-state index contributed by atoms with van der Waals surface area (Å²) >= 11 is 3.38. The molecule has 0 atom stereocenters. The number of aromatic carboxylic acids is 1. The number of aromatic nitrogens is 3. The van der Waals surface area contributed by atoms with E-state index in [0.29, 0.717) is 17.7 Å².